The first-order valence-electron chi connectivity index (χ1n) is 4.86. The summed E-state index contributed by atoms with van der Waals surface area (Å²) in [5, 5.41) is 0.507. The predicted octanol–water partition coefficient (Wildman–Crippen LogP) is 3.13. The SMILES string of the molecule is COc1cc(-c2ccc(Cl)cc2N)c(F)cn1. The van der Waals surface area contributed by atoms with E-state index in [2.05, 4.69) is 4.98 Å². The van der Waals surface area contributed by atoms with E-state index < -0.39 is 5.82 Å². The first-order valence-corrected chi connectivity index (χ1v) is 5.24. The Hall–Kier alpha value is -1.81. The molecule has 0 atom stereocenters. The van der Waals surface area contributed by atoms with Crippen LogP contribution in [0.15, 0.2) is 30.5 Å². The zero-order chi connectivity index (χ0) is 12.4. The highest BCUT2D eigenvalue weighted by atomic mass is 35.5. The van der Waals surface area contributed by atoms with Gasteiger partial charge < -0.3 is 10.5 Å². The molecule has 17 heavy (non-hydrogen) atoms. The second kappa shape index (κ2) is 4.59. The topological polar surface area (TPSA) is 48.1 Å². The van der Waals surface area contributed by atoms with E-state index in [1.54, 1.807) is 18.2 Å². The van der Waals surface area contributed by atoms with Gasteiger partial charge in [-0.25, -0.2) is 9.37 Å². The molecule has 0 aliphatic heterocycles. The molecule has 0 bridgehead atoms. The van der Waals surface area contributed by atoms with Gasteiger partial charge in [-0.3, -0.25) is 0 Å². The van der Waals surface area contributed by atoms with Crippen molar-refractivity contribution in [3.05, 3.63) is 41.3 Å². The number of hydrogen-bond donors (Lipinski definition) is 1. The van der Waals surface area contributed by atoms with Crippen molar-refractivity contribution in [1.82, 2.24) is 4.98 Å². The number of nitrogen functional groups attached to an aromatic ring is 1. The summed E-state index contributed by atoms with van der Waals surface area (Å²) in [6.07, 6.45) is 1.10. The quantitative estimate of drug-likeness (QED) is 0.836. The monoisotopic (exact) mass is 252 g/mol. The third kappa shape index (κ3) is 2.31. The van der Waals surface area contributed by atoms with Gasteiger partial charge in [0, 0.05) is 27.9 Å². The molecular formula is C12H10ClFN2O. The minimum absolute atomic E-state index is 0.329. The molecule has 0 saturated carbocycles. The number of ether oxygens (including phenoxy) is 1. The number of aromatic nitrogens is 1. The normalized spacial score (nSPS) is 10.3. The zero-order valence-electron chi connectivity index (χ0n) is 9.08. The Morgan fingerprint density at radius 1 is 1.29 bits per heavy atom. The molecule has 0 unspecified atom stereocenters. The van der Waals surface area contributed by atoms with Crippen LogP contribution in [0.5, 0.6) is 5.88 Å². The lowest BCUT2D eigenvalue weighted by Gasteiger charge is -2.08. The molecule has 88 valence electrons. The number of halogens is 2. The molecule has 0 spiro atoms. The Balaban J connectivity index is 2.59. The Morgan fingerprint density at radius 2 is 2.06 bits per heavy atom. The van der Waals surface area contributed by atoms with Gasteiger partial charge in [0.2, 0.25) is 5.88 Å². The van der Waals surface area contributed by atoms with E-state index in [4.69, 9.17) is 22.1 Å². The van der Waals surface area contributed by atoms with E-state index >= 15 is 0 Å². The van der Waals surface area contributed by atoms with Crippen molar-refractivity contribution in [3.8, 4) is 17.0 Å². The zero-order valence-corrected chi connectivity index (χ0v) is 9.83. The Kier molecular flexibility index (Phi) is 3.15. The lowest BCUT2D eigenvalue weighted by Crippen LogP contribution is -1.95. The van der Waals surface area contributed by atoms with Crippen molar-refractivity contribution < 1.29 is 9.13 Å². The number of hydrogen-bond acceptors (Lipinski definition) is 3. The summed E-state index contributed by atoms with van der Waals surface area (Å²) in [7, 11) is 1.47. The summed E-state index contributed by atoms with van der Waals surface area (Å²) in [5.74, 6) is -0.129. The number of rotatable bonds is 2. The summed E-state index contributed by atoms with van der Waals surface area (Å²) in [6.45, 7) is 0. The maximum Gasteiger partial charge on any atom is 0.213 e. The van der Waals surface area contributed by atoms with Crippen LogP contribution in [0.1, 0.15) is 0 Å². The van der Waals surface area contributed by atoms with E-state index in [0.717, 1.165) is 6.20 Å². The van der Waals surface area contributed by atoms with Crippen LogP contribution in [0.25, 0.3) is 11.1 Å². The predicted molar refractivity (Wildman–Crippen MR) is 65.6 cm³/mol. The van der Waals surface area contributed by atoms with Gasteiger partial charge in [0.1, 0.15) is 5.82 Å². The molecule has 5 heteroatoms. The van der Waals surface area contributed by atoms with Crippen molar-refractivity contribution in [2.45, 2.75) is 0 Å². The second-order valence-electron chi connectivity index (χ2n) is 3.44. The Bertz CT molecular complexity index is 560. The average Bonchev–Trinajstić information content (AvgIpc) is 2.30. The Morgan fingerprint density at radius 3 is 2.71 bits per heavy atom. The number of anilines is 1. The van der Waals surface area contributed by atoms with Gasteiger partial charge in [-0.1, -0.05) is 17.7 Å². The summed E-state index contributed by atoms with van der Waals surface area (Å²) >= 11 is 5.79. The van der Waals surface area contributed by atoms with Crippen molar-refractivity contribution >= 4 is 17.3 Å². The molecule has 0 saturated heterocycles. The molecule has 0 radical (unpaired) electrons. The first kappa shape index (κ1) is 11.7. The molecule has 2 N–H and O–H groups in total. The third-order valence-electron chi connectivity index (χ3n) is 2.34. The van der Waals surface area contributed by atoms with Crippen LogP contribution in [0.2, 0.25) is 5.02 Å². The van der Waals surface area contributed by atoms with Gasteiger partial charge in [-0.05, 0) is 12.1 Å². The highest BCUT2D eigenvalue weighted by molar-refractivity contribution is 6.31. The summed E-state index contributed by atoms with van der Waals surface area (Å²) in [4.78, 5) is 3.77. The lowest BCUT2D eigenvalue weighted by molar-refractivity contribution is 0.396. The fourth-order valence-corrected chi connectivity index (χ4v) is 1.70. The van der Waals surface area contributed by atoms with E-state index in [1.165, 1.54) is 13.2 Å². The smallest absolute Gasteiger partial charge is 0.213 e. The van der Waals surface area contributed by atoms with Crippen LogP contribution in [-0.4, -0.2) is 12.1 Å². The highest BCUT2D eigenvalue weighted by Gasteiger charge is 2.10. The highest BCUT2D eigenvalue weighted by Crippen LogP contribution is 2.31. The molecule has 2 aromatic rings. The lowest BCUT2D eigenvalue weighted by atomic mass is 10.0. The fraction of sp³-hybridized carbons (Fsp3) is 0.0833. The Labute approximate surface area is 103 Å². The number of nitrogens with zero attached hydrogens (tertiary/aromatic N) is 1. The summed E-state index contributed by atoms with van der Waals surface area (Å²) < 4.78 is 18.6. The van der Waals surface area contributed by atoms with Crippen LogP contribution in [-0.2, 0) is 0 Å². The van der Waals surface area contributed by atoms with Crippen molar-refractivity contribution in [3.63, 3.8) is 0 Å². The first-order chi connectivity index (χ1) is 8.11. The van der Waals surface area contributed by atoms with Crippen LogP contribution >= 0.6 is 11.6 Å². The standard InChI is InChI=1S/C12H10ClFN2O/c1-17-12-5-9(10(14)6-16-12)8-3-2-7(13)4-11(8)15/h2-6H,15H2,1H3. The molecule has 0 aliphatic carbocycles. The summed E-state index contributed by atoms with van der Waals surface area (Å²) in [6, 6.07) is 6.38. The maximum atomic E-state index is 13.7. The summed E-state index contributed by atoms with van der Waals surface area (Å²) in [5.41, 5.74) is 7.11. The molecule has 0 amide bonds. The van der Waals surface area contributed by atoms with Gasteiger partial charge in [0.05, 0.1) is 13.3 Å². The average molecular weight is 253 g/mol. The molecule has 3 nitrogen and oxygen atoms in total. The van der Waals surface area contributed by atoms with Crippen molar-refractivity contribution in [1.29, 1.82) is 0 Å². The van der Waals surface area contributed by atoms with Gasteiger partial charge in [0.15, 0.2) is 0 Å². The molecule has 1 aromatic carbocycles. The number of benzene rings is 1. The molecule has 0 fully saturated rings. The maximum absolute atomic E-state index is 13.7. The van der Waals surface area contributed by atoms with Crippen molar-refractivity contribution in [2.24, 2.45) is 0 Å². The second-order valence-corrected chi connectivity index (χ2v) is 3.87. The van der Waals surface area contributed by atoms with Crippen LogP contribution in [0.4, 0.5) is 10.1 Å². The van der Waals surface area contributed by atoms with Crippen LogP contribution in [0.3, 0.4) is 0 Å². The molecule has 0 aliphatic rings. The largest absolute Gasteiger partial charge is 0.481 e. The molecule has 1 aromatic heterocycles. The number of nitrogens with two attached hydrogens (primary N) is 1. The van der Waals surface area contributed by atoms with E-state index in [0.29, 0.717) is 27.7 Å². The van der Waals surface area contributed by atoms with E-state index in [1.807, 2.05) is 0 Å². The van der Waals surface area contributed by atoms with Crippen LogP contribution in [0, 0.1) is 5.82 Å². The third-order valence-corrected chi connectivity index (χ3v) is 2.58. The van der Waals surface area contributed by atoms with Gasteiger partial charge >= 0.3 is 0 Å². The van der Waals surface area contributed by atoms with E-state index in [-0.39, 0.29) is 0 Å². The number of methoxy groups -OCH3 is 1. The minimum Gasteiger partial charge on any atom is -0.481 e. The fourth-order valence-electron chi connectivity index (χ4n) is 1.52. The van der Waals surface area contributed by atoms with Gasteiger partial charge in [-0.2, -0.15) is 0 Å². The van der Waals surface area contributed by atoms with Crippen LogP contribution < -0.4 is 10.5 Å². The van der Waals surface area contributed by atoms with Crippen molar-refractivity contribution in [2.75, 3.05) is 12.8 Å². The van der Waals surface area contributed by atoms with Gasteiger partial charge in [0.25, 0.3) is 0 Å². The molecular weight excluding hydrogens is 243 g/mol. The molecule has 2 rings (SSSR count). The number of pyridine rings is 1. The van der Waals surface area contributed by atoms with E-state index in [9.17, 15) is 4.39 Å². The minimum atomic E-state index is -0.458. The van der Waals surface area contributed by atoms with Gasteiger partial charge in [-0.15, -0.1) is 0 Å². The molecule has 1 heterocycles.